The first-order valence-corrected chi connectivity index (χ1v) is 17.4. The molecule has 0 atom stereocenters. The lowest BCUT2D eigenvalue weighted by molar-refractivity contribution is 0.632. The fourth-order valence-electron chi connectivity index (χ4n) is 9.57. The average Bonchev–Trinajstić information content (AvgIpc) is 3.66. The Balaban J connectivity index is 1.37. The average molecular weight is 615 g/mol. The van der Waals surface area contributed by atoms with E-state index in [0.717, 1.165) is 0 Å². The zero-order valence-electron chi connectivity index (χ0n) is 26.0. The van der Waals surface area contributed by atoms with Gasteiger partial charge in [-0.1, -0.05) is 123 Å². The summed E-state index contributed by atoms with van der Waals surface area (Å²) < 4.78 is 5.45. The molecule has 0 saturated heterocycles. The summed E-state index contributed by atoms with van der Waals surface area (Å²) in [5, 5.41) is 7.97. The molecule has 5 heterocycles. The standard InChI is InChI=1S/C43H27BN2S/c1-43(2)32-16-6-7-19-35(32)45-40-33(43)17-10-18-34(40)44-37-30(23-31-26-13-5-8-20-36(26)47-42(31)41(37)45)28-15-9-14-27-29-22-21-24-11-3-4-12-25(24)38(29)46(44)39(27)28/h3-23H,1-2H3. The van der Waals surface area contributed by atoms with Gasteiger partial charge in [-0.15, -0.1) is 11.3 Å². The summed E-state index contributed by atoms with van der Waals surface area (Å²) in [6.07, 6.45) is 0. The summed E-state index contributed by atoms with van der Waals surface area (Å²) >= 11 is 1.95. The monoisotopic (exact) mass is 614 g/mol. The molecule has 2 aromatic heterocycles. The second-order valence-electron chi connectivity index (χ2n) is 14.0. The van der Waals surface area contributed by atoms with Gasteiger partial charge in [0, 0.05) is 59.3 Å². The van der Waals surface area contributed by atoms with Crippen LogP contribution in [0.15, 0.2) is 127 Å². The summed E-state index contributed by atoms with van der Waals surface area (Å²) in [6, 6.07) is 48.3. The van der Waals surface area contributed by atoms with Gasteiger partial charge in [-0.05, 0) is 51.2 Å². The molecule has 0 radical (unpaired) electrons. The van der Waals surface area contributed by atoms with Crippen LogP contribution >= 0.6 is 11.3 Å². The van der Waals surface area contributed by atoms with Crippen LogP contribution in [0.25, 0.3) is 63.9 Å². The Bertz CT molecular complexity index is 2910. The Labute approximate surface area is 276 Å². The van der Waals surface area contributed by atoms with E-state index >= 15 is 0 Å². The molecule has 0 aliphatic carbocycles. The molecule has 9 aromatic rings. The first-order valence-electron chi connectivity index (χ1n) is 16.6. The highest BCUT2D eigenvalue weighted by Gasteiger charge is 2.48. The van der Waals surface area contributed by atoms with E-state index in [4.69, 9.17) is 0 Å². The van der Waals surface area contributed by atoms with E-state index in [0.29, 0.717) is 0 Å². The van der Waals surface area contributed by atoms with Crippen molar-refractivity contribution in [1.82, 2.24) is 4.48 Å². The van der Waals surface area contributed by atoms with E-state index in [-0.39, 0.29) is 12.3 Å². The normalized spacial score (nSPS) is 15.1. The second-order valence-corrected chi connectivity index (χ2v) is 15.1. The summed E-state index contributed by atoms with van der Waals surface area (Å²) in [7, 11) is 0. The van der Waals surface area contributed by atoms with Crippen LogP contribution in [-0.2, 0) is 5.41 Å². The summed E-state index contributed by atoms with van der Waals surface area (Å²) in [5.41, 5.74) is 14.9. The number of thiophene rings is 1. The number of hydrogen-bond acceptors (Lipinski definition) is 2. The van der Waals surface area contributed by atoms with Crippen LogP contribution < -0.4 is 15.8 Å². The molecular formula is C43H27BN2S. The van der Waals surface area contributed by atoms with Gasteiger partial charge in [-0.3, -0.25) is 0 Å². The van der Waals surface area contributed by atoms with Crippen molar-refractivity contribution in [2.75, 3.05) is 4.90 Å². The molecule has 2 nitrogen and oxygen atoms in total. The van der Waals surface area contributed by atoms with Crippen molar-refractivity contribution >= 4 is 98.9 Å². The molecular weight excluding hydrogens is 587 g/mol. The molecule has 47 heavy (non-hydrogen) atoms. The van der Waals surface area contributed by atoms with E-state index in [1.165, 1.54) is 103 Å². The zero-order chi connectivity index (χ0) is 30.8. The Morgan fingerprint density at radius 2 is 1.32 bits per heavy atom. The Morgan fingerprint density at radius 3 is 2.26 bits per heavy atom. The molecule has 3 aliphatic rings. The van der Waals surface area contributed by atoms with Crippen molar-refractivity contribution in [2.45, 2.75) is 19.3 Å². The van der Waals surface area contributed by atoms with Gasteiger partial charge in [0.2, 0.25) is 0 Å². The molecule has 0 unspecified atom stereocenters. The summed E-state index contributed by atoms with van der Waals surface area (Å²) in [5.74, 6) is 0. The number of aromatic nitrogens is 1. The van der Waals surface area contributed by atoms with E-state index in [1.807, 2.05) is 11.3 Å². The molecule has 4 heteroatoms. The third-order valence-corrected chi connectivity index (χ3v) is 12.7. The van der Waals surface area contributed by atoms with E-state index in [2.05, 4.69) is 151 Å². The van der Waals surface area contributed by atoms with Gasteiger partial charge in [0.15, 0.2) is 0 Å². The highest BCUT2D eigenvalue weighted by molar-refractivity contribution is 7.26. The summed E-state index contributed by atoms with van der Waals surface area (Å²) in [4.78, 5) is 2.66. The highest BCUT2D eigenvalue weighted by Crippen LogP contribution is 2.57. The van der Waals surface area contributed by atoms with E-state index < -0.39 is 0 Å². The number of fused-ring (bicyclic) bond motifs is 15. The van der Waals surface area contributed by atoms with Crippen LogP contribution in [0.1, 0.15) is 25.0 Å². The maximum Gasteiger partial charge on any atom is 0.333 e. The first kappa shape index (κ1) is 24.9. The van der Waals surface area contributed by atoms with E-state index in [9.17, 15) is 0 Å². The van der Waals surface area contributed by atoms with Crippen LogP contribution in [-0.4, -0.2) is 11.3 Å². The minimum absolute atomic E-state index is 0.0441. The number of anilines is 3. The van der Waals surface area contributed by atoms with Gasteiger partial charge in [0.25, 0.3) is 0 Å². The van der Waals surface area contributed by atoms with Gasteiger partial charge in [-0.25, -0.2) is 0 Å². The van der Waals surface area contributed by atoms with Crippen molar-refractivity contribution in [3.8, 4) is 11.1 Å². The minimum atomic E-state index is -0.139. The van der Waals surface area contributed by atoms with Crippen molar-refractivity contribution in [3.63, 3.8) is 0 Å². The van der Waals surface area contributed by atoms with Crippen LogP contribution in [0.2, 0.25) is 0 Å². The van der Waals surface area contributed by atoms with Crippen LogP contribution in [0.4, 0.5) is 17.1 Å². The van der Waals surface area contributed by atoms with Crippen molar-refractivity contribution in [3.05, 3.63) is 139 Å². The van der Waals surface area contributed by atoms with Crippen LogP contribution in [0.5, 0.6) is 0 Å². The van der Waals surface area contributed by atoms with Gasteiger partial charge in [0.05, 0.1) is 16.1 Å². The Hall–Kier alpha value is -5.32. The van der Waals surface area contributed by atoms with Crippen LogP contribution in [0, 0.1) is 0 Å². The third kappa shape index (κ3) is 2.75. The fraction of sp³-hybridized carbons (Fsp3) is 0.0698. The lowest BCUT2D eigenvalue weighted by atomic mass is 9.44. The number of para-hydroxylation sites is 3. The van der Waals surface area contributed by atoms with Crippen molar-refractivity contribution in [1.29, 1.82) is 0 Å². The molecule has 0 fully saturated rings. The second kappa shape index (κ2) is 8.15. The smallest absolute Gasteiger partial charge is 0.333 e. The van der Waals surface area contributed by atoms with Gasteiger partial charge < -0.3 is 9.38 Å². The molecule has 0 spiro atoms. The van der Waals surface area contributed by atoms with Crippen molar-refractivity contribution in [2.24, 2.45) is 0 Å². The maximum atomic E-state index is 2.73. The quantitative estimate of drug-likeness (QED) is 0.154. The number of nitrogens with zero attached hydrogens (tertiary/aromatic N) is 2. The zero-order valence-corrected chi connectivity index (χ0v) is 26.8. The summed E-state index contributed by atoms with van der Waals surface area (Å²) in [6.45, 7) is 4.86. The third-order valence-electron chi connectivity index (χ3n) is 11.5. The lowest BCUT2D eigenvalue weighted by Gasteiger charge is -2.48. The molecule has 12 rings (SSSR count). The van der Waals surface area contributed by atoms with Crippen LogP contribution in [0.3, 0.4) is 0 Å². The number of hydrogen-bond donors (Lipinski definition) is 0. The SMILES string of the molecule is CC1(C)c2ccccc2N2c3c(cccc31)B1c3c(cc4c(sc5ccccc54)c32)-c2cccc3c4ccc5ccccc5c4n1c23. The molecule has 0 bridgehead atoms. The van der Waals surface area contributed by atoms with E-state index in [1.54, 1.807) is 0 Å². The largest absolute Gasteiger partial charge is 0.375 e. The van der Waals surface area contributed by atoms with Gasteiger partial charge in [0.1, 0.15) is 0 Å². The van der Waals surface area contributed by atoms with Gasteiger partial charge >= 0.3 is 6.85 Å². The molecule has 0 amide bonds. The van der Waals surface area contributed by atoms with Gasteiger partial charge in [-0.2, -0.15) is 0 Å². The number of rotatable bonds is 0. The topological polar surface area (TPSA) is 8.17 Å². The molecule has 7 aromatic carbocycles. The fourth-order valence-corrected chi connectivity index (χ4v) is 10.8. The predicted molar refractivity (Wildman–Crippen MR) is 203 cm³/mol. The molecule has 218 valence electrons. The molecule has 0 N–H and O–H groups in total. The van der Waals surface area contributed by atoms with Crippen molar-refractivity contribution < 1.29 is 0 Å². The predicted octanol–water partition coefficient (Wildman–Crippen LogP) is 10.4. The Kier molecular flexibility index (Phi) is 4.31. The molecule has 0 saturated carbocycles. The highest BCUT2D eigenvalue weighted by atomic mass is 32.1. The number of benzene rings is 7. The first-order chi connectivity index (χ1) is 23.1. The Morgan fingerprint density at radius 1 is 0.574 bits per heavy atom. The lowest BCUT2D eigenvalue weighted by Crippen LogP contribution is -2.58. The minimum Gasteiger partial charge on any atom is -0.375 e. The maximum absolute atomic E-state index is 2.73. The molecule has 3 aliphatic heterocycles.